The third kappa shape index (κ3) is 4.20. The minimum Gasteiger partial charge on any atom is -0.380 e. The van der Waals surface area contributed by atoms with E-state index in [-0.39, 0.29) is 5.92 Å². The fraction of sp³-hybridized carbons (Fsp3) is 0.286. The molecule has 0 aromatic heterocycles. The van der Waals surface area contributed by atoms with Crippen molar-refractivity contribution in [3.05, 3.63) is 107 Å². The van der Waals surface area contributed by atoms with Crippen molar-refractivity contribution in [1.29, 1.82) is 0 Å². The van der Waals surface area contributed by atoms with Crippen molar-refractivity contribution in [2.45, 2.75) is 31.8 Å². The maximum atomic E-state index is 12.3. The topological polar surface area (TPSA) is 23.5 Å². The van der Waals surface area contributed by atoms with Crippen molar-refractivity contribution in [2.24, 2.45) is 5.92 Å². The van der Waals surface area contributed by atoms with Gasteiger partial charge in [-0.3, -0.25) is 0 Å². The van der Waals surface area contributed by atoms with Crippen LogP contribution in [0.15, 0.2) is 90.5 Å². The molecule has 2 heteroatoms. The highest BCUT2D eigenvalue weighted by Gasteiger charge is 2.44. The summed E-state index contributed by atoms with van der Waals surface area (Å²) >= 11 is 0. The van der Waals surface area contributed by atoms with Crippen molar-refractivity contribution >= 4 is 11.8 Å². The summed E-state index contributed by atoms with van der Waals surface area (Å²) in [6, 6.07) is 29.2. The number of nitrogens with zero attached hydrogens (tertiary/aromatic N) is 1. The Morgan fingerprint density at radius 2 is 1.67 bits per heavy atom. The van der Waals surface area contributed by atoms with E-state index in [9.17, 15) is 5.11 Å². The smallest absolute Gasteiger partial charge is 0.115 e. The van der Waals surface area contributed by atoms with Gasteiger partial charge in [-0.25, -0.2) is 0 Å². The standard InChI is InChI=1S/C28H31NO/c1-22-11-9-18-27(19-22)29(2)21-26-17-10-16-25(20-23-12-5-3-6-13-23)28(26,30)24-14-7-4-8-15-24/h3-9,11-15,18-20,26,30H,10,16-17,21H2,1-2H3/b25-20+. The van der Waals surface area contributed by atoms with Crippen molar-refractivity contribution in [3.8, 4) is 0 Å². The largest absolute Gasteiger partial charge is 0.380 e. The SMILES string of the molecule is Cc1cccc(N(C)CC2CCC/C(=C\c3ccccc3)C2(O)c2ccccc2)c1. The van der Waals surface area contributed by atoms with Crippen molar-refractivity contribution in [1.82, 2.24) is 0 Å². The zero-order valence-electron chi connectivity index (χ0n) is 18.0. The van der Waals surface area contributed by atoms with E-state index in [1.165, 1.54) is 11.3 Å². The maximum absolute atomic E-state index is 12.3. The number of hydrogen-bond acceptors (Lipinski definition) is 2. The van der Waals surface area contributed by atoms with Gasteiger partial charge in [0.1, 0.15) is 5.60 Å². The van der Waals surface area contributed by atoms with Crippen LogP contribution in [0.2, 0.25) is 0 Å². The molecule has 3 aromatic carbocycles. The number of benzene rings is 3. The van der Waals surface area contributed by atoms with E-state index in [0.717, 1.165) is 42.5 Å². The molecule has 1 N–H and O–H groups in total. The van der Waals surface area contributed by atoms with Gasteiger partial charge in [0.15, 0.2) is 0 Å². The summed E-state index contributed by atoms with van der Waals surface area (Å²) in [6.45, 7) is 2.93. The third-order valence-corrected chi connectivity index (χ3v) is 6.37. The average molecular weight is 398 g/mol. The number of rotatable bonds is 5. The molecule has 154 valence electrons. The monoisotopic (exact) mass is 397 g/mol. The maximum Gasteiger partial charge on any atom is 0.115 e. The summed E-state index contributed by atoms with van der Waals surface area (Å²) in [5.74, 6) is 0.120. The van der Waals surface area contributed by atoms with Crippen LogP contribution in [-0.4, -0.2) is 18.7 Å². The molecule has 30 heavy (non-hydrogen) atoms. The first-order chi connectivity index (χ1) is 14.6. The van der Waals surface area contributed by atoms with E-state index in [1.54, 1.807) is 0 Å². The van der Waals surface area contributed by atoms with Gasteiger partial charge in [-0.05, 0) is 60.6 Å². The summed E-state index contributed by atoms with van der Waals surface area (Å²) in [5.41, 5.74) is 4.75. The minimum absolute atomic E-state index is 0.120. The third-order valence-electron chi connectivity index (χ3n) is 6.37. The molecule has 4 rings (SSSR count). The Balaban J connectivity index is 1.72. The molecule has 0 radical (unpaired) electrons. The molecule has 0 aliphatic heterocycles. The first-order valence-corrected chi connectivity index (χ1v) is 10.9. The van der Waals surface area contributed by atoms with Crippen molar-refractivity contribution in [3.63, 3.8) is 0 Å². The molecule has 1 aliphatic rings. The van der Waals surface area contributed by atoms with Gasteiger partial charge in [0.05, 0.1) is 0 Å². The molecule has 2 unspecified atom stereocenters. The molecule has 0 spiro atoms. The van der Waals surface area contributed by atoms with E-state index in [1.807, 2.05) is 24.3 Å². The molecule has 1 saturated carbocycles. The number of hydrogen-bond donors (Lipinski definition) is 1. The highest BCUT2D eigenvalue weighted by Crippen LogP contribution is 2.46. The lowest BCUT2D eigenvalue weighted by molar-refractivity contribution is -0.00393. The fourth-order valence-corrected chi connectivity index (χ4v) is 4.77. The number of aryl methyl sites for hydroxylation is 1. The normalized spacial score (nSPS) is 22.8. The lowest BCUT2D eigenvalue weighted by Gasteiger charge is -2.44. The van der Waals surface area contributed by atoms with E-state index < -0.39 is 5.60 Å². The van der Waals surface area contributed by atoms with E-state index in [2.05, 4.69) is 85.6 Å². The van der Waals surface area contributed by atoms with Gasteiger partial charge in [0, 0.05) is 25.2 Å². The summed E-state index contributed by atoms with van der Waals surface area (Å²) in [7, 11) is 2.13. The summed E-state index contributed by atoms with van der Waals surface area (Å²) in [4.78, 5) is 2.29. The second-order valence-corrected chi connectivity index (χ2v) is 8.52. The van der Waals surface area contributed by atoms with Gasteiger partial charge in [-0.15, -0.1) is 0 Å². The molecule has 0 heterocycles. The van der Waals surface area contributed by atoms with Crippen LogP contribution in [-0.2, 0) is 5.60 Å². The van der Waals surface area contributed by atoms with E-state index >= 15 is 0 Å². The second kappa shape index (κ2) is 8.89. The lowest BCUT2D eigenvalue weighted by Crippen LogP contribution is -2.45. The predicted molar refractivity (Wildman–Crippen MR) is 127 cm³/mol. The molecule has 2 nitrogen and oxygen atoms in total. The zero-order chi connectivity index (χ0) is 21.0. The molecule has 1 fully saturated rings. The van der Waals surface area contributed by atoms with Gasteiger partial charge in [0.2, 0.25) is 0 Å². The molecule has 0 saturated heterocycles. The lowest BCUT2D eigenvalue weighted by atomic mass is 9.67. The molecule has 0 bridgehead atoms. The second-order valence-electron chi connectivity index (χ2n) is 8.52. The minimum atomic E-state index is -0.965. The summed E-state index contributed by atoms with van der Waals surface area (Å²) in [6.07, 6.45) is 5.23. The number of aliphatic hydroxyl groups is 1. The first-order valence-electron chi connectivity index (χ1n) is 10.9. The quantitative estimate of drug-likeness (QED) is 0.554. The van der Waals surface area contributed by atoms with Crippen LogP contribution in [0.5, 0.6) is 0 Å². The highest BCUT2D eigenvalue weighted by atomic mass is 16.3. The van der Waals surface area contributed by atoms with Crippen molar-refractivity contribution in [2.75, 3.05) is 18.5 Å². The van der Waals surface area contributed by atoms with Crippen LogP contribution in [0.3, 0.4) is 0 Å². The Kier molecular flexibility index (Phi) is 6.06. The van der Waals surface area contributed by atoms with Crippen LogP contribution < -0.4 is 4.90 Å². The summed E-state index contributed by atoms with van der Waals surface area (Å²) < 4.78 is 0. The van der Waals surface area contributed by atoms with Gasteiger partial charge >= 0.3 is 0 Å². The molecule has 0 amide bonds. The van der Waals surface area contributed by atoms with Gasteiger partial charge < -0.3 is 10.0 Å². The number of anilines is 1. The highest BCUT2D eigenvalue weighted by molar-refractivity contribution is 5.57. The fourth-order valence-electron chi connectivity index (χ4n) is 4.77. The molecular formula is C28H31NO. The Morgan fingerprint density at radius 3 is 2.37 bits per heavy atom. The molecule has 1 aliphatic carbocycles. The Morgan fingerprint density at radius 1 is 0.967 bits per heavy atom. The van der Waals surface area contributed by atoms with Crippen LogP contribution in [0.25, 0.3) is 6.08 Å². The predicted octanol–water partition coefficient (Wildman–Crippen LogP) is 6.20. The molecule has 3 aromatic rings. The van der Waals surface area contributed by atoms with Gasteiger partial charge in [0.25, 0.3) is 0 Å². The Bertz CT molecular complexity index is 995. The van der Waals surface area contributed by atoms with Gasteiger partial charge in [-0.1, -0.05) is 78.9 Å². The first kappa shape index (κ1) is 20.4. The zero-order valence-corrected chi connectivity index (χ0v) is 18.0. The molecule has 2 atom stereocenters. The molecular weight excluding hydrogens is 366 g/mol. The van der Waals surface area contributed by atoms with Crippen molar-refractivity contribution < 1.29 is 5.11 Å². The Hall–Kier alpha value is -2.84. The van der Waals surface area contributed by atoms with Crippen LogP contribution >= 0.6 is 0 Å². The summed E-state index contributed by atoms with van der Waals surface area (Å²) in [5, 5.41) is 12.3. The van der Waals surface area contributed by atoms with Crippen LogP contribution in [0.1, 0.15) is 36.0 Å². The van der Waals surface area contributed by atoms with Gasteiger partial charge in [-0.2, -0.15) is 0 Å². The van der Waals surface area contributed by atoms with Crippen LogP contribution in [0, 0.1) is 12.8 Å². The Labute approximate surface area is 180 Å². The van der Waals surface area contributed by atoms with E-state index in [0.29, 0.717) is 0 Å². The average Bonchev–Trinajstić information content (AvgIpc) is 2.78. The van der Waals surface area contributed by atoms with E-state index in [4.69, 9.17) is 0 Å². The van der Waals surface area contributed by atoms with Crippen LogP contribution in [0.4, 0.5) is 5.69 Å².